The molecule has 4 rings (SSSR count). The van der Waals surface area contributed by atoms with Crippen LogP contribution in [0.5, 0.6) is 17.2 Å². The molecule has 1 atom stereocenters. The van der Waals surface area contributed by atoms with E-state index in [0.29, 0.717) is 18.1 Å². The SMILES string of the molecule is O=C(Nc1cccc(COc2ccc3c(c2)OCO3)c1)C1CCCN1. The van der Waals surface area contributed by atoms with Crippen molar-refractivity contribution in [3.63, 3.8) is 0 Å². The van der Waals surface area contributed by atoms with Crippen LogP contribution < -0.4 is 24.8 Å². The molecule has 1 saturated heterocycles. The predicted molar refractivity (Wildman–Crippen MR) is 93.0 cm³/mol. The molecule has 25 heavy (non-hydrogen) atoms. The monoisotopic (exact) mass is 340 g/mol. The van der Waals surface area contributed by atoms with Gasteiger partial charge in [-0.3, -0.25) is 4.79 Å². The summed E-state index contributed by atoms with van der Waals surface area (Å²) in [5.41, 5.74) is 1.76. The number of fused-ring (bicyclic) bond motifs is 1. The molecule has 2 heterocycles. The van der Waals surface area contributed by atoms with Crippen LogP contribution in [0.2, 0.25) is 0 Å². The average Bonchev–Trinajstić information content (AvgIpc) is 3.31. The normalized spacial score (nSPS) is 18.2. The van der Waals surface area contributed by atoms with Gasteiger partial charge in [-0.25, -0.2) is 0 Å². The van der Waals surface area contributed by atoms with Crippen LogP contribution in [0.4, 0.5) is 5.69 Å². The molecule has 130 valence electrons. The van der Waals surface area contributed by atoms with Gasteiger partial charge < -0.3 is 24.8 Å². The topological polar surface area (TPSA) is 68.8 Å². The molecule has 0 radical (unpaired) electrons. The van der Waals surface area contributed by atoms with Gasteiger partial charge in [0, 0.05) is 11.8 Å². The van der Waals surface area contributed by atoms with Gasteiger partial charge in [0.15, 0.2) is 11.5 Å². The van der Waals surface area contributed by atoms with E-state index < -0.39 is 0 Å². The number of benzene rings is 2. The van der Waals surface area contributed by atoms with Gasteiger partial charge in [-0.05, 0) is 49.2 Å². The maximum Gasteiger partial charge on any atom is 0.241 e. The Bertz CT molecular complexity index is 772. The third kappa shape index (κ3) is 3.69. The van der Waals surface area contributed by atoms with Crippen molar-refractivity contribution < 1.29 is 19.0 Å². The van der Waals surface area contributed by atoms with E-state index in [4.69, 9.17) is 14.2 Å². The van der Waals surface area contributed by atoms with Crippen LogP contribution in [-0.4, -0.2) is 25.3 Å². The summed E-state index contributed by atoms with van der Waals surface area (Å²) in [4.78, 5) is 12.2. The quantitative estimate of drug-likeness (QED) is 0.876. The Labute approximate surface area is 146 Å². The lowest BCUT2D eigenvalue weighted by Crippen LogP contribution is -2.35. The van der Waals surface area contributed by atoms with E-state index in [1.165, 1.54) is 0 Å². The molecule has 0 saturated carbocycles. The maximum absolute atomic E-state index is 12.2. The molecule has 0 bridgehead atoms. The van der Waals surface area contributed by atoms with Crippen molar-refractivity contribution >= 4 is 11.6 Å². The van der Waals surface area contributed by atoms with E-state index in [1.54, 1.807) is 0 Å². The van der Waals surface area contributed by atoms with E-state index in [1.807, 2.05) is 42.5 Å². The number of rotatable bonds is 5. The molecule has 2 aromatic rings. The van der Waals surface area contributed by atoms with Crippen molar-refractivity contribution in [2.24, 2.45) is 0 Å². The van der Waals surface area contributed by atoms with E-state index in [9.17, 15) is 4.79 Å². The van der Waals surface area contributed by atoms with Crippen LogP contribution in [0, 0.1) is 0 Å². The van der Waals surface area contributed by atoms with Crippen LogP contribution in [-0.2, 0) is 11.4 Å². The summed E-state index contributed by atoms with van der Waals surface area (Å²) in [6.45, 7) is 1.56. The molecule has 2 N–H and O–H groups in total. The molecule has 2 aromatic carbocycles. The summed E-state index contributed by atoms with van der Waals surface area (Å²) in [5, 5.41) is 6.16. The number of hydrogen-bond acceptors (Lipinski definition) is 5. The Balaban J connectivity index is 1.37. The lowest BCUT2D eigenvalue weighted by molar-refractivity contribution is -0.117. The predicted octanol–water partition coefficient (Wildman–Crippen LogP) is 2.68. The number of carbonyl (C=O) groups excluding carboxylic acids is 1. The Kier molecular flexibility index (Phi) is 4.43. The summed E-state index contributed by atoms with van der Waals surface area (Å²) in [6.07, 6.45) is 1.93. The fourth-order valence-electron chi connectivity index (χ4n) is 3.01. The second-order valence-corrected chi connectivity index (χ2v) is 6.14. The Morgan fingerprint density at radius 2 is 2.12 bits per heavy atom. The molecular formula is C19H20N2O4. The second kappa shape index (κ2) is 7.03. The first-order chi connectivity index (χ1) is 12.3. The lowest BCUT2D eigenvalue weighted by Gasteiger charge is -2.12. The van der Waals surface area contributed by atoms with Crippen LogP contribution in [0.1, 0.15) is 18.4 Å². The van der Waals surface area contributed by atoms with Gasteiger partial charge >= 0.3 is 0 Å². The molecule has 0 spiro atoms. The highest BCUT2D eigenvalue weighted by atomic mass is 16.7. The van der Waals surface area contributed by atoms with Crippen molar-refractivity contribution in [3.8, 4) is 17.2 Å². The highest BCUT2D eigenvalue weighted by Crippen LogP contribution is 2.35. The Morgan fingerprint density at radius 3 is 3.00 bits per heavy atom. The minimum Gasteiger partial charge on any atom is -0.489 e. The van der Waals surface area contributed by atoms with Crippen LogP contribution in [0.25, 0.3) is 0 Å². The summed E-state index contributed by atoms with van der Waals surface area (Å²) in [5.74, 6) is 2.17. The van der Waals surface area contributed by atoms with Gasteiger partial charge in [-0.2, -0.15) is 0 Å². The molecular weight excluding hydrogens is 320 g/mol. The second-order valence-electron chi connectivity index (χ2n) is 6.14. The molecule has 6 nitrogen and oxygen atoms in total. The molecule has 1 amide bonds. The number of amides is 1. The Morgan fingerprint density at radius 1 is 1.20 bits per heavy atom. The molecule has 1 unspecified atom stereocenters. The Hall–Kier alpha value is -2.73. The van der Waals surface area contributed by atoms with Crippen molar-refractivity contribution in [3.05, 3.63) is 48.0 Å². The van der Waals surface area contributed by atoms with Crippen molar-refractivity contribution in [2.45, 2.75) is 25.5 Å². The smallest absolute Gasteiger partial charge is 0.241 e. The van der Waals surface area contributed by atoms with Crippen molar-refractivity contribution in [1.29, 1.82) is 0 Å². The number of nitrogens with one attached hydrogen (secondary N) is 2. The lowest BCUT2D eigenvalue weighted by atomic mass is 10.2. The zero-order valence-electron chi connectivity index (χ0n) is 13.8. The summed E-state index contributed by atoms with van der Waals surface area (Å²) < 4.78 is 16.5. The summed E-state index contributed by atoms with van der Waals surface area (Å²) >= 11 is 0. The number of anilines is 1. The van der Waals surface area contributed by atoms with Crippen LogP contribution in [0.15, 0.2) is 42.5 Å². The first-order valence-electron chi connectivity index (χ1n) is 8.43. The molecule has 2 aliphatic rings. The van der Waals surface area contributed by atoms with Gasteiger partial charge in [-0.1, -0.05) is 12.1 Å². The average molecular weight is 340 g/mol. The van der Waals surface area contributed by atoms with Crippen LogP contribution >= 0.6 is 0 Å². The van der Waals surface area contributed by atoms with E-state index in [0.717, 1.165) is 36.4 Å². The maximum atomic E-state index is 12.2. The fourth-order valence-corrected chi connectivity index (χ4v) is 3.01. The van der Waals surface area contributed by atoms with Gasteiger partial charge in [0.1, 0.15) is 12.4 Å². The standard InChI is InChI=1S/C19H20N2O4/c22-19(16-5-2-8-20-16)21-14-4-1-3-13(9-14)11-23-15-6-7-17-18(10-15)25-12-24-17/h1,3-4,6-7,9-10,16,20H,2,5,8,11-12H2,(H,21,22). The fraction of sp³-hybridized carbons (Fsp3) is 0.316. The highest BCUT2D eigenvalue weighted by Gasteiger charge is 2.21. The van der Waals surface area contributed by atoms with E-state index in [-0.39, 0.29) is 18.7 Å². The molecule has 1 fully saturated rings. The third-order valence-corrected chi connectivity index (χ3v) is 4.32. The van der Waals surface area contributed by atoms with E-state index in [2.05, 4.69) is 10.6 Å². The molecule has 0 aliphatic carbocycles. The number of carbonyl (C=O) groups is 1. The first kappa shape index (κ1) is 15.8. The highest BCUT2D eigenvalue weighted by molar-refractivity contribution is 5.95. The van der Waals surface area contributed by atoms with Crippen LogP contribution in [0.3, 0.4) is 0 Å². The number of ether oxygens (including phenoxy) is 3. The summed E-state index contributed by atoms with van der Waals surface area (Å²) in [6, 6.07) is 13.1. The zero-order valence-corrected chi connectivity index (χ0v) is 13.8. The van der Waals surface area contributed by atoms with Gasteiger partial charge in [0.25, 0.3) is 0 Å². The molecule has 6 heteroatoms. The molecule has 2 aliphatic heterocycles. The van der Waals surface area contributed by atoms with Crippen molar-refractivity contribution in [1.82, 2.24) is 5.32 Å². The third-order valence-electron chi connectivity index (χ3n) is 4.32. The first-order valence-corrected chi connectivity index (χ1v) is 8.43. The van der Waals surface area contributed by atoms with Crippen molar-refractivity contribution in [2.75, 3.05) is 18.7 Å². The molecule has 0 aromatic heterocycles. The summed E-state index contributed by atoms with van der Waals surface area (Å²) in [7, 11) is 0. The van der Waals surface area contributed by atoms with Gasteiger partial charge in [0.2, 0.25) is 12.7 Å². The largest absolute Gasteiger partial charge is 0.489 e. The minimum absolute atomic E-state index is 0.0198. The number of hydrogen-bond donors (Lipinski definition) is 2. The zero-order chi connectivity index (χ0) is 17.1. The van der Waals surface area contributed by atoms with Gasteiger partial charge in [0.05, 0.1) is 6.04 Å². The van der Waals surface area contributed by atoms with Gasteiger partial charge in [-0.15, -0.1) is 0 Å². The minimum atomic E-state index is -0.0893. The van der Waals surface area contributed by atoms with E-state index >= 15 is 0 Å².